The summed E-state index contributed by atoms with van der Waals surface area (Å²) in [6, 6.07) is 8.57. The van der Waals surface area contributed by atoms with Crippen LogP contribution in [0.4, 0.5) is 15.8 Å². The summed E-state index contributed by atoms with van der Waals surface area (Å²) >= 11 is 6.79. The van der Waals surface area contributed by atoms with Gasteiger partial charge in [0.05, 0.1) is 39.8 Å². The van der Waals surface area contributed by atoms with E-state index >= 15 is 4.39 Å². The van der Waals surface area contributed by atoms with Gasteiger partial charge in [0, 0.05) is 25.0 Å². The van der Waals surface area contributed by atoms with Gasteiger partial charge in [-0.1, -0.05) is 50.2 Å². The van der Waals surface area contributed by atoms with Crippen molar-refractivity contribution in [2.24, 2.45) is 0 Å². The maximum absolute atomic E-state index is 15.2. The molecule has 4 aromatic rings. The van der Waals surface area contributed by atoms with Crippen molar-refractivity contribution in [1.82, 2.24) is 14.5 Å². The number of piperazine rings is 1. The molecule has 242 valence electrons. The molecule has 0 saturated carbocycles. The number of amides is 2. The molecule has 0 spiro atoms. The topological polar surface area (TPSA) is 136 Å². The molecule has 2 atom stereocenters. The number of para-hydroxylation sites is 1. The quantitative estimate of drug-likeness (QED) is 0.288. The van der Waals surface area contributed by atoms with Crippen molar-refractivity contribution >= 4 is 51.8 Å². The molecule has 1 fully saturated rings. The zero-order valence-electron chi connectivity index (χ0n) is 26.0. The van der Waals surface area contributed by atoms with Crippen LogP contribution in [0.25, 0.3) is 28.0 Å². The van der Waals surface area contributed by atoms with Crippen molar-refractivity contribution in [3.63, 3.8) is 0 Å². The number of carboxylic acids is 1. The largest absolute Gasteiger partial charge is 0.507 e. The van der Waals surface area contributed by atoms with Crippen LogP contribution >= 0.6 is 11.6 Å². The molecule has 47 heavy (non-hydrogen) atoms. The van der Waals surface area contributed by atoms with Crippen molar-refractivity contribution < 1.29 is 29.0 Å². The third-order valence-corrected chi connectivity index (χ3v) is 9.15. The molecule has 4 heterocycles. The first-order chi connectivity index (χ1) is 22.3. The van der Waals surface area contributed by atoms with E-state index in [9.17, 15) is 29.4 Å². The van der Waals surface area contributed by atoms with Gasteiger partial charge in [-0.25, -0.2) is 14.2 Å². The Hall–Kier alpha value is -5.23. The minimum atomic E-state index is -1.30. The van der Waals surface area contributed by atoms with Crippen LogP contribution in [0.5, 0.6) is 5.75 Å². The van der Waals surface area contributed by atoms with Gasteiger partial charge in [0.25, 0.3) is 11.5 Å². The number of aromatic hydroxyl groups is 1. The monoisotopic (exact) mass is 659 g/mol. The van der Waals surface area contributed by atoms with Crippen LogP contribution in [-0.2, 0) is 9.59 Å². The zero-order chi connectivity index (χ0) is 34.1. The number of benzene rings is 2. The molecule has 2 amide bonds. The number of phenols is 1. The lowest BCUT2D eigenvalue weighted by Crippen LogP contribution is -2.66. The summed E-state index contributed by atoms with van der Waals surface area (Å²) < 4.78 is 16.4. The molecule has 1 saturated heterocycles. The summed E-state index contributed by atoms with van der Waals surface area (Å²) in [7, 11) is 1.45. The Balaban J connectivity index is 1.79. The Labute approximate surface area is 273 Å². The molecule has 0 unspecified atom stereocenters. The Bertz CT molecular complexity index is 2080. The predicted octanol–water partition coefficient (Wildman–Crippen LogP) is 4.94. The number of aromatic carboxylic acids is 1. The van der Waals surface area contributed by atoms with Crippen molar-refractivity contribution in [1.29, 1.82) is 0 Å². The number of carbonyl (C=O) groups excluding carboxylic acids is 2. The Morgan fingerprint density at radius 1 is 1.11 bits per heavy atom. The second-order valence-electron chi connectivity index (χ2n) is 12.0. The fourth-order valence-corrected chi connectivity index (χ4v) is 6.87. The minimum Gasteiger partial charge on any atom is -0.507 e. The van der Waals surface area contributed by atoms with Gasteiger partial charge in [0.15, 0.2) is 0 Å². The van der Waals surface area contributed by atoms with Gasteiger partial charge in [-0.2, -0.15) is 0 Å². The molecule has 0 radical (unpaired) electrons. The summed E-state index contributed by atoms with van der Waals surface area (Å²) in [5, 5.41) is 21.2. The average Bonchev–Trinajstić information content (AvgIpc) is 3.02. The molecule has 2 aliphatic rings. The van der Waals surface area contributed by atoms with E-state index in [1.807, 2.05) is 20.8 Å². The van der Waals surface area contributed by atoms with Crippen molar-refractivity contribution in [3.8, 4) is 22.7 Å². The number of halogens is 2. The Morgan fingerprint density at radius 3 is 2.45 bits per heavy atom. The van der Waals surface area contributed by atoms with E-state index in [1.165, 1.54) is 47.2 Å². The van der Waals surface area contributed by atoms with Crippen molar-refractivity contribution in [2.45, 2.75) is 38.8 Å². The number of hydrogen-bond donors (Lipinski definition) is 2. The fraction of sp³-hybridized carbons (Fsp3) is 0.265. The average molecular weight is 660 g/mol. The van der Waals surface area contributed by atoms with Gasteiger partial charge in [-0.3, -0.25) is 19.0 Å². The number of rotatable bonds is 5. The number of carbonyl (C=O) groups is 3. The van der Waals surface area contributed by atoms with Crippen LogP contribution in [0.1, 0.15) is 42.6 Å². The molecular weight excluding hydrogens is 629 g/mol. The van der Waals surface area contributed by atoms with E-state index in [-0.39, 0.29) is 69.2 Å². The first-order valence-electron chi connectivity index (χ1n) is 14.9. The summed E-state index contributed by atoms with van der Waals surface area (Å²) in [5.41, 5.74) is -0.669. The number of likely N-dealkylation sites (N-methyl/N-ethyl adjacent to an activating group) is 1. The third kappa shape index (κ3) is 4.82. The summed E-state index contributed by atoms with van der Waals surface area (Å²) in [6.07, 6.45) is 1.18. The van der Waals surface area contributed by atoms with E-state index in [0.717, 1.165) is 10.6 Å². The number of fused-ring (bicyclic) bond motifs is 5. The smallest absolute Gasteiger partial charge is 0.337 e. The number of aromatic nitrogens is 2. The van der Waals surface area contributed by atoms with Crippen molar-refractivity contribution in [3.05, 3.63) is 87.4 Å². The maximum atomic E-state index is 15.2. The Kier molecular flexibility index (Phi) is 7.79. The van der Waals surface area contributed by atoms with E-state index in [1.54, 1.807) is 17.0 Å². The van der Waals surface area contributed by atoms with E-state index in [2.05, 4.69) is 6.58 Å². The van der Waals surface area contributed by atoms with Gasteiger partial charge >= 0.3 is 5.97 Å². The number of anilines is 2. The number of hydrogen-bond acceptors (Lipinski definition) is 7. The van der Waals surface area contributed by atoms with E-state index in [4.69, 9.17) is 16.6 Å². The van der Waals surface area contributed by atoms with Crippen LogP contribution in [0.3, 0.4) is 0 Å². The van der Waals surface area contributed by atoms with Gasteiger partial charge < -0.3 is 24.9 Å². The molecule has 11 nitrogen and oxygen atoms in total. The van der Waals surface area contributed by atoms with Crippen LogP contribution < -0.4 is 15.4 Å². The van der Waals surface area contributed by atoms with Gasteiger partial charge in [-0.15, -0.1) is 0 Å². The van der Waals surface area contributed by atoms with E-state index < -0.39 is 41.1 Å². The van der Waals surface area contributed by atoms with Crippen LogP contribution in [0.2, 0.25) is 5.02 Å². The molecular formula is C34H31ClFN5O6. The standard InChI is InChI=1S/C34H31ClFN5O6/c1-6-25(43)39-15-23-32(44)38(5)30-29(40(23)14-17(39)4)20-13-21(35)27(26-22(36)11-8-12-24(26)42)37-31(20)41(33(30)45)28-18(16(2)3)9-7-10-19(28)34(46)47/h6-13,16-17,23,42H,1,14-15H2,2-5H3,(H,46,47)/t17-,23-/m1/s1. The maximum Gasteiger partial charge on any atom is 0.337 e. The SMILES string of the molecule is C=CC(=O)N1C[C@@H]2C(=O)N(C)c3c(c4cc(Cl)c(-c5c(O)cccc5F)nc4n(-c4c(C(=O)O)cccc4C(C)C)c3=O)N2C[C@H]1C. The molecule has 0 aliphatic carbocycles. The van der Waals surface area contributed by atoms with Gasteiger partial charge in [-0.05, 0) is 48.7 Å². The lowest BCUT2D eigenvalue weighted by molar-refractivity contribution is -0.130. The third-order valence-electron chi connectivity index (χ3n) is 8.86. The van der Waals surface area contributed by atoms with Gasteiger partial charge in [0.1, 0.15) is 28.9 Å². The summed E-state index contributed by atoms with van der Waals surface area (Å²) in [5.74, 6) is -3.61. The number of carboxylic acid groups (broad SMARTS) is 1. The second kappa shape index (κ2) is 11.5. The van der Waals surface area contributed by atoms with Crippen LogP contribution in [0, 0.1) is 5.82 Å². The predicted molar refractivity (Wildman–Crippen MR) is 176 cm³/mol. The molecule has 2 N–H and O–H groups in total. The van der Waals surface area contributed by atoms with E-state index in [0.29, 0.717) is 11.3 Å². The molecule has 13 heteroatoms. The molecule has 2 aromatic carbocycles. The van der Waals surface area contributed by atoms with Crippen LogP contribution in [0.15, 0.2) is 59.9 Å². The number of nitrogens with zero attached hydrogens (tertiary/aromatic N) is 5. The fourth-order valence-electron chi connectivity index (χ4n) is 6.62. The first kappa shape index (κ1) is 31.7. The lowest BCUT2D eigenvalue weighted by atomic mass is 9.95. The number of phenolic OH excluding ortho intramolecular Hbond substituents is 1. The summed E-state index contributed by atoms with van der Waals surface area (Å²) in [6.45, 7) is 9.24. The second-order valence-corrected chi connectivity index (χ2v) is 12.4. The Morgan fingerprint density at radius 2 is 1.81 bits per heavy atom. The molecule has 2 aromatic heterocycles. The van der Waals surface area contributed by atoms with Crippen molar-refractivity contribution in [2.75, 3.05) is 29.9 Å². The van der Waals surface area contributed by atoms with Gasteiger partial charge in [0.2, 0.25) is 5.91 Å². The van der Waals surface area contributed by atoms with Crippen LogP contribution in [-0.4, -0.2) is 74.7 Å². The number of pyridine rings is 2. The first-order valence-corrected chi connectivity index (χ1v) is 15.3. The highest BCUT2D eigenvalue weighted by atomic mass is 35.5. The highest BCUT2D eigenvalue weighted by Crippen LogP contribution is 2.45. The normalized spacial score (nSPS) is 17.6. The zero-order valence-corrected chi connectivity index (χ0v) is 26.7. The molecule has 0 bridgehead atoms. The summed E-state index contributed by atoms with van der Waals surface area (Å²) in [4.78, 5) is 63.3. The highest BCUT2D eigenvalue weighted by molar-refractivity contribution is 6.34. The lowest BCUT2D eigenvalue weighted by Gasteiger charge is -2.49. The highest BCUT2D eigenvalue weighted by Gasteiger charge is 2.46. The molecule has 2 aliphatic heterocycles. The molecule has 6 rings (SSSR count). The minimum absolute atomic E-state index is 0.0148.